The maximum atomic E-state index is 11.5. The zero-order valence-electron chi connectivity index (χ0n) is 13.5. The molecule has 0 spiro atoms. The molecular formula is C15H25ClN2O4S. The zero-order valence-corrected chi connectivity index (χ0v) is 15.1. The lowest BCUT2D eigenvalue weighted by Crippen LogP contribution is -2.31. The molecule has 132 valence electrons. The fourth-order valence-electron chi connectivity index (χ4n) is 1.76. The largest absolute Gasteiger partial charge is 0.494 e. The van der Waals surface area contributed by atoms with Gasteiger partial charge in [0.15, 0.2) is 9.84 Å². The number of benzene rings is 1. The lowest BCUT2D eigenvalue weighted by molar-refractivity contribution is -0.121. The third-order valence-corrected chi connectivity index (χ3v) is 4.07. The van der Waals surface area contributed by atoms with E-state index < -0.39 is 9.84 Å². The first-order valence-corrected chi connectivity index (χ1v) is 9.23. The number of rotatable bonds is 10. The van der Waals surface area contributed by atoms with Gasteiger partial charge in [-0.3, -0.25) is 4.79 Å². The SMILES string of the molecule is CCNCCNC(=O)CCCOc1ccc(S(C)(=O)=O)cc1.Cl. The van der Waals surface area contributed by atoms with E-state index in [0.717, 1.165) is 19.3 Å². The number of nitrogens with one attached hydrogen (secondary N) is 2. The molecular weight excluding hydrogens is 340 g/mol. The van der Waals surface area contributed by atoms with Crippen molar-refractivity contribution in [2.45, 2.75) is 24.7 Å². The summed E-state index contributed by atoms with van der Waals surface area (Å²) >= 11 is 0. The molecule has 1 amide bonds. The second kappa shape index (κ2) is 11.3. The Balaban J connectivity index is 0.00000484. The lowest BCUT2D eigenvalue weighted by atomic mass is 10.3. The highest BCUT2D eigenvalue weighted by Gasteiger charge is 2.06. The minimum atomic E-state index is -3.18. The number of amides is 1. The number of carbonyl (C=O) groups is 1. The number of hydrogen-bond donors (Lipinski definition) is 2. The van der Waals surface area contributed by atoms with Crippen molar-refractivity contribution in [1.82, 2.24) is 10.6 Å². The molecule has 0 bridgehead atoms. The Labute approximate surface area is 144 Å². The molecule has 0 saturated carbocycles. The molecule has 0 aromatic heterocycles. The van der Waals surface area contributed by atoms with Gasteiger partial charge in [0.25, 0.3) is 0 Å². The molecule has 0 aliphatic carbocycles. The van der Waals surface area contributed by atoms with Crippen LogP contribution in [0.3, 0.4) is 0 Å². The monoisotopic (exact) mass is 364 g/mol. The molecule has 0 radical (unpaired) electrons. The van der Waals surface area contributed by atoms with Crippen LogP contribution in [0.2, 0.25) is 0 Å². The van der Waals surface area contributed by atoms with E-state index in [1.165, 1.54) is 12.1 Å². The molecule has 2 N–H and O–H groups in total. The van der Waals surface area contributed by atoms with Crippen LogP contribution >= 0.6 is 12.4 Å². The van der Waals surface area contributed by atoms with E-state index in [2.05, 4.69) is 10.6 Å². The highest BCUT2D eigenvalue weighted by molar-refractivity contribution is 7.90. The van der Waals surface area contributed by atoms with Gasteiger partial charge in [-0.2, -0.15) is 0 Å². The molecule has 0 atom stereocenters. The van der Waals surface area contributed by atoms with E-state index in [9.17, 15) is 13.2 Å². The fourth-order valence-corrected chi connectivity index (χ4v) is 2.39. The summed E-state index contributed by atoms with van der Waals surface area (Å²) in [5, 5.41) is 5.94. The van der Waals surface area contributed by atoms with Gasteiger partial charge in [-0.1, -0.05) is 6.92 Å². The number of halogens is 1. The number of carbonyl (C=O) groups excluding carboxylic acids is 1. The Morgan fingerprint density at radius 3 is 2.39 bits per heavy atom. The van der Waals surface area contributed by atoms with Gasteiger partial charge in [-0.25, -0.2) is 8.42 Å². The summed E-state index contributed by atoms with van der Waals surface area (Å²) in [5.41, 5.74) is 0. The van der Waals surface area contributed by atoms with E-state index in [1.807, 2.05) is 6.92 Å². The zero-order chi connectivity index (χ0) is 16.4. The van der Waals surface area contributed by atoms with E-state index >= 15 is 0 Å². The van der Waals surface area contributed by atoms with Crippen molar-refractivity contribution < 1.29 is 17.9 Å². The van der Waals surface area contributed by atoms with Gasteiger partial charge in [0.1, 0.15) is 5.75 Å². The third-order valence-electron chi connectivity index (χ3n) is 2.94. The predicted molar refractivity (Wildman–Crippen MR) is 93.1 cm³/mol. The van der Waals surface area contributed by atoms with E-state index in [0.29, 0.717) is 31.7 Å². The van der Waals surface area contributed by atoms with Crippen molar-refractivity contribution in [3.63, 3.8) is 0 Å². The molecule has 0 fully saturated rings. The Bertz CT molecular complexity index is 561. The Kier molecular flexibility index (Phi) is 10.6. The van der Waals surface area contributed by atoms with Gasteiger partial charge in [0.05, 0.1) is 11.5 Å². The molecule has 1 rings (SSSR count). The highest BCUT2D eigenvalue weighted by atomic mass is 35.5. The summed E-state index contributed by atoms with van der Waals surface area (Å²) in [6.45, 7) is 4.72. The van der Waals surface area contributed by atoms with Crippen molar-refractivity contribution in [1.29, 1.82) is 0 Å². The topological polar surface area (TPSA) is 84.5 Å². The van der Waals surface area contributed by atoms with E-state index in [1.54, 1.807) is 12.1 Å². The van der Waals surface area contributed by atoms with Crippen LogP contribution in [0, 0.1) is 0 Å². The van der Waals surface area contributed by atoms with Crippen LogP contribution in [0.1, 0.15) is 19.8 Å². The van der Waals surface area contributed by atoms with Crippen molar-refractivity contribution >= 4 is 28.2 Å². The smallest absolute Gasteiger partial charge is 0.220 e. The molecule has 1 aromatic rings. The molecule has 0 heterocycles. The molecule has 6 nitrogen and oxygen atoms in total. The van der Waals surface area contributed by atoms with Crippen LogP contribution in [0.5, 0.6) is 5.75 Å². The average Bonchev–Trinajstić information content (AvgIpc) is 2.48. The van der Waals surface area contributed by atoms with Crippen molar-refractivity contribution in [3.8, 4) is 5.75 Å². The summed E-state index contributed by atoms with van der Waals surface area (Å²) in [6, 6.07) is 6.26. The van der Waals surface area contributed by atoms with E-state index in [4.69, 9.17) is 4.74 Å². The van der Waals surface area contributed by atoms with Crippen molar-refractivity contribution in [3.05, 3.63) is 24.3 Å². The standard InChI is InChI=1S/C15H24N2O4S.ClH/c1-3-16-10-11-17-15(18)5-4-12-21-13-6-8-14(9-7-13)22(2,19)20;/h6-9,16H,3-5,10-12H2,1-2H3,(H,17,18);1H. The first-order valence-electron chi connectivity index (χ1n) is 7.34. The van der Waals surface area contributed by atoms with Gasteiger partial charge in [-0.05, 0) is 37.2 Å². The highest BCUT2D eigenvalue weighted by Crippen LogP contribution is 2.16. The molecule has 0 aliphatic rings. The maximum absolute atomic E-state index is 11.5. The van der Waals surface area contributed by atoms with Crippen LogP contribution in [0.15, 0.2) is 29.2 Å². The first kappa shape index (κ1) is 21.7. The fraction of sp³-hybridized carbons (Fsp3) is 0.533. The van der Waals surface area contributed by atoms with Gasteiger partial charge >= 0.3 is 0 Å². The first-order chi connectivity index (χ1) is 10.4. The van der Waals surface area contributed by atoms with Crippen LogP contribution < -0.4 is 15.4 Å². The van der Waals surface area contributed by atoms with Crippen LogP contribution in [0.25, 0.3) is 0 Å². The van der Waals surface area contributed by atoms with E-state index in [-0.39, 0.29) is 23.2 Å². The Morgan fingerprint density at radius 2 is 1.83 bits per heavy atom. The summed E-state index contributed by atoms with van der Waals surface area (Å²) in [7, 11) is -3.18. The number of likely N-dealkylation sites (N-methyl/N-ethyl adjacent to an activating group) is 1. The normalized spacial score (nSPS) is 10.7. The minimum Gasteiger partial charge on any atom is -0.494 e. The van der Waals surface area contributed by atoms with Crippen molar-refractivity contribution in [2.24, 2.45) is 0 Å². The molecule has 0 saturated heterocycles. The van der Waals surface area contributed by atoms with Gasteiger partial charge in [-0.15, -0.1) is 12.4 Å². The number of sulfone groups is 1. The molecule has 1 aromatic carbocycles. The summed E-state index contributed by atoms with van der Waals surface area (Å²) in [5.74, 6) is 0.605. The summed E-state index contributed by atoms with van der Waals surface area (Å²) < 4.78 is 28.1. The minimum absolute atomic E-state index is 0. The summed E-state index contributed by atoms with van der Waals surface area (Å²) in [4.78, 5) is 11.8. The van der Waals surface area contributed by atoms with Gasteiger partial charge < -0.3 is 15.4 Å². The summed E-state index contributed by atoms with van der Waals surface area (Å²) in [6.07, 6.45) is 2.19. The van der Waals surface area contributed by atoms with Crippen molar-refractivity contribution in [2.75, 3.05) is 32.5 Å². The number of hydrogen-bond acceptors (Lipinski definition) is 5. The molecule has 8 heteroatoms. The van der Waals surface area contributed by atoms with Gasteiger partial charge in [0.2, 0.25) is 5.91 Å². The molecule has 0 unspecified atom stereocenters. The molecule has 23 heavy (non-hydrogen) atoms. The predicted octanol–water partition coefficient (Wildman–Crippen LogP) is 1.40. The quantitative estimate of drug-likeness (QED) is 0.613. The second-order valence-corrected chi connectivity index (χ2v) is 6.91. The molecule has 0 aliphatic heterocycles. The van der Waals surface area contributed by atoms with Gasteiger partial charge in [0, 0.05) is 25.8 Å². The lowest BCUT2D eigenvalue weighted by Gasteiger charge is -2.08. The van der Waals surface area contributed by atoms with Crippen LogP contribution in [-0.2, 0) is 14.6 Å². The van der Waals surface area contributed by atoms with Crippen LogP contribution in [-0.4, -0.2) is 46.8 Å². The Morgan fingerprint density at radius 1 is 1.17 bits per heavy atom. The second-order valence-electron chi connectivity index (χ2n) is 4.90. The maximum Gasteiger partial charge on any atom is 0.220 e. The van der Waals surface area contributed by atoms with Crippen LogP contribution in [0.4, 0.5) is 0 Å². The number of ether oxygens (including phenoxy) is 1. The Hall–Kier alpha value is -1.31. The third kappa shape index (κ3) is 9.43. The average molecular weight is 365 g/mol.